The van der Waals surface area contributed by atoms with Crippen LogP contribution in [-0.2, 0) is 16.6 Å². The molecule has 2 aromatic heterocycles. The third-order valence-electron chi connectivity index (χ3n) is 3.80. The van der Waals surface area contributed by atoms with Crippen LogP contribution in [0.3, 0.4) is 0 Å². The molecule has 0 fully saturated rings. The van der Waals surface area contributed by atoms with Gasteiger partial charge in [0.15, 0.2) is 0 Å². The maximum Gasteiger partial charge on any atom is 0.308 e. The summed E-state index contributed by atoms with van der Waals surface area (Å²) in [6.07, 6.45) is 4.26. The fourth-order valence-electron chi connectivity index (χ4n) is 2.44. The lowest BCUT2D eigenvalue weighted by atomic mass is 10.1. The largest absolute Gasteiger partial charge is 0.341 e. The van der Waals surface area contributed by atoms with E-state index in [4.69, 9.17) is 40.3 Å². The van der Waals surface area contributed by atoms with Crippen molar-refractivity contribution in [1.29, 1.82) is 0 Å². The van der Waals surface area contributed by atoms with Gasteiger partial charge in [-0.2, -0.15) is 12.7 Å². The van der Waals surface area contributed by atoms with Crippen molar-refractivity contribution in [3.05, 3.63) is 52.7 Å². The van der Waals surface area contributed by atoms with Crippen LogP contribution in [0.15, 0.2) is 36.0 Å². The zero-order valence-electron chi connectivity index (χ0n) is 14.8. The number of carbonyl (C=O) groups excluding carboxylic acids is 1. The van der Waals surface area contributed by atoms with Gasteiger partial charge in [-0.25, -0.2) is 8.96 Å². The number of rotatable bonds is 8. The average Bonchev–Trinajstić information content (AvgIpc) is 3.26. The molecule has 0 radical (unpaired) electrons. The van der Waals surface area contributed by atoms with Crippen molar-refractivity contribution in [3.8, 4) is 0 Å². The molecule has 0 unspecified atom stereocenters. The first-order valence-corrected chi connectivity index (χ1v) is 10.3. The van der Waals surface area contributed by atoms with Crippen molar-refractivity contribution in [2.75, 3.05) is 20.6 Å². The smallest absolute Gasteiger partial charge is 0.308 e. The van der Waals surface area contributed by atoms with Crippen molar-refractivity contribution in [3.63, 3.8) is 0 Å². The molecule has 0 amide bonds. The number of imidazole rings is 1. The lowest BCUT2D eigenvalue weighted by Crippen LogP contribution is -2.28. The molecule has 0 saturated heterocycles. The van der Waals surface area contributed by atoms with Crippen LogP contribution in [0.25, 0.3) is 10.4 Å². The zero-order valence-corrected chi connectivity index (χ0v) is 17.9. The summed E-state index contributed by atoms with van der Waals surface area (Å²) >= 11 is 17.1. The van der Waals surface area contributed by atoms with Gasteiger partial charge in [-0.3, -0.25) is 4.79 Å². The van der Waals surface area contributed by atoms with E-state index in [2.05, 4.69) is 15.0 Å². The van der Waals surface area contributed by atoms with Crippen molar-refractivity contribution >= 4 is 50.8 Å². The van der Waals surface area contributed by atoms with E-state index in [0.29, 0.717) is 5.69 Å². The molecule has 152 valence electrons. The highest BCUT2D eigenvalue weighted by Crippen LogP contribution is 2.32. The van der Waals surface area contributed by atoms with E-state index in [-0.39, 0.29) is 18.7 Å². The molecule has 14 heteroatoms. The van der Waals surface area contributed by atoms with Gasteiger partial charge in [0.05, 0.1) is 11.4 Å². The quantitative estimate of drug-likeness (QED) is 0.194. The molecule has 28 heavy (non-hydrogen) atoms. The minimum absolute atomic E-state index is 0.0292. The van der Waals surface area contributed by atoms with E-state index in [1.807, 2.05) is 0 Å². The van der Waals surface area contributed by atoms with Gasteiger partial charge in [-0.05, 0) is 17.7 Å². The second-order valence-corrected chi connectivity index (χ2v) is 10.2. The summed E-state index contributed by atoms with van der Waals surface area (Å²) in [6, 6.07) is 2.51. The summed E-state index contributed by atoms with van der Waals surface area (Å²) in [5, 5.41) is 3.56. The third-order valence-corrected chi connectivity index (χ3v) is 5.97. The van der Waals surface area contributed by atoms with Crippen LogP contribution < -0.4 is 0 Å². The summed E-state index contributed by atoms with van der Waals surface area (Å²) in [4.78, 5) is 19.2. The number of halogens is 3. The molecular weight excluding hydrogens is 453 g/mol. The highest BCUT2D eigenvalue weighted by atomic mass is 35.6. The molecule has 0 aliphatic heterocycles. The number of hydrogen-bond donors (Lipinski definition) is 0. The molecule has 0 N–H and O–H groups in total. The maximum atomic E-state index is 12.4. The minimum Gasteiger partial charge on any atom is -0.341 e. The molecule has 1 atom stereocenters. The second kappa shape index (κ2) is 8.73. The summed E-state index contributed by atoms with van der Waals surface area (Å²) in [5.74, 6) is -0.742. The van der Waals surface area contributed by atoms with Crippen LogP contribution in [-0.4, -0.2) is 56.5 Å². The molecule has 0 aromatic carbocycles. The predicted molar refractivity (Wildman–Crippen MR) is 106 cm³/mol. The van der Waals surface area contributed by atoms with E-state index in [0.717, 1.165) is 8.28 Å². The summed E-state index contributed by atoms with van der Waals surface area (Å²) in [5.41, 5.74) is 9.19. The van der Waals surface area contributed by atoms with Gasteiger partial charge in [0.1, 0.15) is 6.33 Å². The van der Waals surface area contributed by atoms with Crippen LogP contribution in [0, 0.1) is 0 Å². The molecule has 2 heterocycles. The van der Waals surface area contributed by atoms with E-state index in [1.54, 1.807) is 12.3 Å². The summed E-state index contributed by atoms with van der Waals surface area (Å²) in [7, 11) is -0.918. The fraction of sp³-hybridized carbons (Fsp3) is 0.429. The molecular formula is C14H16Cl3N7O3S. The van der Waals surface area contributed by atoms with Crippen LogP contribution in [0.5, 0.6) is 0 Å². The third kappa shape index (κ3) is 4.99. The Morgan fingerprint density at radius 3 is 2.68 bits per heavy atom. The monoisotopic (exact) mass is 467 g/mol. The average molecular weight is 469 g/mol. The first-order chi connectivity index (χ1) is 13.0. The Bertz CT molecular complexity index is 1000. The number of ketones is 1. The van der Waals surface area contributed by atoms with E-state index in [1.165, 1.54) is 37.3 Å². The topological polar surface area (TPSA) is 126 Å². The van der Waals surface area contributed by atoms with E-state index < -0.39 is 25.8 Å². The van der Waals surface area contributed by atoms with Gasteiger partial charge in [-0.15, -0.1) is 0 Å². The van der Waals surface area contributed by atoms with E-state index >= 15 is 0 Å². The molecule has 2 rings (SSSR count). The number of hydrogen-bond acceptors (Lipinski definition) is 5. The maximum absolute atomic E-state index is 12.4. The minimum atomic E-state index is -3.71. The summed E-state index contributed by atoms with van der Waals surface area (Å²) in [6.45, 7) is -0.0292. The van der Waals surface area contributed by atoms with Gasteiger partial charge >= 0.3 is 10.2 Å². The first kappa shape index (κ1) is 22.5. The lowest BCUT2D eigenvalue weighted by Gasteiger charge is -2.20. The molecule has 0 bridgehead atoms. The normalized spacial score (nSPS) is 13.4. The van der Waals surface area contributed by atoms with Crippen LogP contribution >= 0.6 is 34.8 Å². The Balaban J connectivity index is 2.38. The standard InChI is InChI=1S/C14H16Cl3N7O3S/c1-22(2)28(26,27)23-8-10(19-9-23)6-11(7-20-21-18)24-5-3-4-12(24)13(25)14(15,16)17/h3-5,8-9,11H,6-7H2,1-2H3/t11-/m0/s1. The SMILES string of the molecule is CN(C)S(=O)(=O)n1cnc(C[C@@H](CN=[N+]=[N-])n2cccc2C(=O)C(Cl)(Cl)Cl)c1. The van der Waals surface area contributed by atoms with Crippen molar-refractivity contribution in [2.24, 2.45) is 5.11 Å². The molecule has 0 aliphatic carbocycles. The van der Waals surface area contributed by atoms with Crippen molar-refractivity contribution in [2.45, 2.75) is 16.3 Å². The molecule has 0 saturated carbocycles. The van der Waals surface area contributed by atoms with Gasteiger partial charge in [0, 0.05) is 50.4 Å². The Kier molecular flexibility index (Phi) is 7.02. The Labute approximate surface area is 176 Å². The number of carbonyl (C=O) groups is 1. The van der Waals surface area contributed by atoms with Gasteiger partial charge in [-0.1, -0.05) is 39.9 Å². The van der Waals surface area contributed by atoms with Crippen LogP contribution in [0.4, 0.5) is 0 Å². The fourth-order valence-corrected chi connectivity index (χ4v) is 3.53. The first-order valence-electron chi connectivity index (χ1n) is 7.73. The molecule has 2 aromatic rings. The lowest BCUT2D eigenvalue weighted by molar-refractivity contribution is 0.0985. The van der Waals surface area contributed by atoms with Crippen LogP contribution in [0.1, 0.15) is 22.2 Å². The van der Waals surface area contributed by atoms with Gasteiger partial charge < -0.3 is 4.57 Å². The van der Waals surface area contributed by atoms with Crippen molar-refractivity contribution in [1.82, 2.24) is 17.8 Å². The number of azide groups is 1. The molecule has 0 aliphatic rings. The number of aromatic nitrogens is 3. The van der Waals surface area contributed by atoms with E-state index in [9.17, 15) is 13.2 Å². The number of alkyl halides is 3. The number of nitrogens with zero attached hydrogens (tertiary/aromatic N) is 7. The molecule has 10 nitrogen and oxygen atoms in total. The Hall–Kier alpha value is -1.75. The highest BCUT2D eigenvalue weighted by Gasteiger charge is 2.34. The van der Waals surface area contributed by atoms with Gasteiger partial charge in [0.2, 0.25) is 5.78 Å². The Morgan fingerprint density at radius 1 is 1.43 bits per heavy atom. The predicted octanol–water partition coefficient (Wildman–Crippen LogP) is 2.99. The Morgan fingerprint density at radius 2 is 2.11 bits per heavy atom. The summed E-state index contributed by atoms with van der Waals surface area (Å²) < 4.78 is 25.7. The second-order valence-electron chi connectivity index (χ2n) is 5.88. The highest BCUT2D eigenvalue weighted by molar-refractivity contribution is 7.87. The van der Waals surface area contributed by atoms with Crippen molar-refractivity contribution < 1.29 is 13.2 Å². The zero-order chi connectivity index (χ0) is 21.1. The van der Waals surface area contributed by atoms with Gasteiger partial charge in [0.25, 0.3) is 3.79 Å². The van der Waals surface area contributed by atoms with Crippen LogP contribution in [0.2, 0.25) is 0 Å². The number of Topliss-reactive ketones (excluding diaryl/α,β-unsaturated/α-hetero) is 1. The molecule has 0 spiro atoms.